The Labute approximate surface area is 118 Å². The molecule has 0 spiro atoms. The number of carbonyl (C=O) groups excluding carboxylic acids is 1. The van der Waals surface area contributed by atoms with Gasteiger partial charge in [0.1, 0.15) is 11.7 Å². The lowest BCUT2D eigenvalue weighted by Crippen LogP contribution is -2.41. The summed E-state index contributed by atoms with van der Waals surface area (Å²) >= 11 is 0. The lowest BCUT2D eigenvalue weighted by Gasteiger charge is -2.27. The molecule has 2 aliphatic rings. The van der Waals surface area contributed by atoms with Gasteiger partial charge in [-0.1, -0.05) is 0 Å². The summed E-state index contributed by atoms with van der Waals surface area (Å²) in [6.45, 7) is 9.10. The Balaban J connectivity index is 2.10. The number of hydrogen-bond donors (Lipinski definition) is 1. The van der Waals surface area contributed by atoms with Crippen molar-refractivity contribution in [2.45, 2.75) is 64.5 Å². The van der Waals surface area contributed by atoms with Crippen LogP contribution in [0.2, 0.25) is 0 Å². The molecule has 0 aromatic carbocycles. The molecule has 2 saturated heterocycles. The number of ether oxygens (including phenoxy) is 4. The normalized spacial score (nSPS) is 35.9. The minimum Gasteiger partial charge on any atom is -0.458 e. The maximum absolute atomic E-state index is 12.2. The van der Waals surface area contributed by atoms with Gasteiger partial charge in [-0.2, -0.15) is 0 Å². The topological polar surface area (TPSA) is 89.2 Å². The molecule has 7 nitrogen and oxygen atoms in total. The first kappa shape index (κ1) is 15.7. The van der Waals surface area contributed by atoms with Gasteiger partial charge in [-0.05, 0) is 34.6 Å². The van der Waals surface area contributed by atoms with Gasteiger partial charge < -0.3 is 23.8 Å². The molecule has 7 heteroatoms. The molecule has 2 rings (SSSR count). The summed E-state index contributed by atoms with van der Waals surface area (Å²) in [7, 11) is 0. The van der Waals surface area contributed by atoms with E-state index in [1.165, 1.54) is 0 Å². The van der Waals surface area contributed by atoms with Gasteiger partial charge in [-0.25, -0.2) is 10.7 Å². The lowest BCUT2D eigenvalue weighted by atomic mass is 9.99. The second kappa shape index (κ2) is 5.23. The molecule has 0 bridgehead atoms. The van der Waals surface area contributed by atoms with Crippen molar-refractivity contribution in [3.8, 4) is 0 Å². The van der Waals surface area contributed by atoms with E-state index in [4.69, 9.17) is 24.8 Å². The first-order valence-electron chi connectivity index (χ1n) is 6.68. The number of nitrogens with two attached hydrogens (primary N) is 1. The second-order valence-corrected chi connectivity index (χ2v) is 6.56. The van der Waals surface area contributed by atoms with E-state index in [9.17, 15) is 4.79 Å². The Hall–Kier alpha value is -0.730. The number of carbonyl (C=O) groups is 1. The zero-order chi connectivity index (χ0) is 15.1. The molecule has 20 heavy (non-hydrogen) atoms. The van der Waals surface area contributed by atoms with Crippen LogP contribution in [-0.4, -0.2) is 42.5 Å². The molecule has 0 saturated carbocycles. The third-order valence-corrected chi connectivity index (χ3v) is 3.11. The van der Waals surface area contributed by atoms with Crippen LogP contribution in [0.15, 0.2) is 0 Å². The highest BCUT2D eigenvalue weighted by Crippen LogP contribution is 2.41. The van der Waals surface area contributed by atoms with E-state index in [-0.39, 0.29) is 12.5 Å². The van der Waals surface area contributed by atoms with Crippen molar-refractivity contribution in [2.24, 2.45) is 11.8 Å². The van der Waals surface area contributed by atoms with E-state index in [2.05, 4.69) is 4.84 Å². The van der Waals surface area contributed by atoms with Crippen molar-refractivity contribution >= 4 is 5.97 Å². The fourth-order valence-electron chi connectivity index (χ4n) is 2.45. The van der Waals surface area contributed by atoms with E-state index < -0.39 is 35.9 Å². The van der Waals surface area contributed by atoms with Crippen LogP contribution in [-0.2, 0) is 28.6 Å². The molecule has 4 atom stereocenters. The molecule has 0 radical (unpaired) electrons. The number of esters is 1. The first-order valence-corrected chi connectivity index (χ1v) is 6.68. The standard InChI is InChI=1S/C13H23NO6/c1-12(2,3)19-10(15)8-7(6-16-14)9-11(17-8)20-13(4,5)18-9/h7-9,11H,6,14H2,1-5H3/t7-,8+,9-,11-/m1/s1. The predicted molar refractivity (Wildman–Crippen MR) is 68.2 cm³/mol. The summed E-state index contributed by atoms with van der Waals surface area (Å²) in [6, 6.07) is 0. The summed E-state index contributed by atoms with van der Waals surface area (Å²) in [5, 5.41) is 0. The lowest BCUT2D eigenvalue weighted by molar-refractivity contribution is -0.221. The monoisotopic (exact) mass is 289 g/mol. The van der Waals surface area contributed by atoms with Crippen molar-refractivity contribution < 1.29 is 28.6 Å². The minimum atomic E-state index is -0.802. The van der Waals surface area contributed by atoms with Gasteiger partial charge in [0.2, 0.25) is 0 Å². The van der Waals surface area contributed by atoms with E-state index in [0.29, 0.717) is 0 Å². The Kier molecular flexibility index (Phi) is 4.10. The molecule has 2 aliphatic heterocycles. The van der Waals surface area contributed by atoms with E-state index >= 15 is 0 Å². The van der Waals surface area contributed by atoms with Crippen LogP contribution in [0.1, 0.15) is 34.6 Å². The molecule has 0 aromatic rings. The number of hydrogen-bond acceptors (Lipinski definition) is 7. The summed E-state index contributed by atoms with van der Waals surface area (Å²) in [5.74, 6) is 3.58. The Morgan fingerprint density at radius 1 is 1.30 bits per heavy atom. The van der Waals surface area contributed by atoms with Crippen molar-refractivity contribution in [1.82, 2.24) is 0 Å². The van der Waals surface area contributed by atoms with Gasteiger partial charge in [0.25, 0.3) is 0 Å². The van der Waals surface area contributed by atoms with Crippen LogP contribution in [0.4, 0.5) is 0 Å². The van der Waals surface area contributed by atoms with Crippen molar-refractivity contribution in [2.75, 3.05) is 6.61 Å². The molecule has 0 unspecified atom stereocenters. The Morgan fingerprint density at radius 3 is 2.50 bits per heavy atom. The smallest absolute Gasteiger partial charge is 0.336 e. The van der Waals surface area contributed by atoms with Gasteiger partial charge in [-0.15, -0.1) is 0 Å². The highest BCUT2D eigenvalue weighted by atomic mass is 16.8. The molecule has 2 heterocycles. The highest BCUT2D eigenvalue weighted by Gasteiger charge is 2.57. The minimum absolute atomic E-state index is 0.129. The average Bonchev–Trinajstić information content (AvgIpc) is 2.70. The highest BCUT2D eigenvalue weighted by molar-refractivity contribution is 5.76. The number of fused-ring (bicyclic) bond motifs is 1. The van der Waals surface area contributed by atoms with E-state index in [0.717, 1.165) is 0 Å². The molecule has 2 fully saturated rings. The third-order valence-electron chi connectivity index (χ3n) is 3.11. The Morgan fingerprint density at radius 2 is 1.95 bits per heavy atom. The van der Waals surface area contributed by atoms with Crippen molar-refractivity contribution in [1.29, 1.82) is 0 Å². The summed E-state index contributed by atoms with van der Waals surface area (Å²) < 4.78 is 22.3. The SMILES string of the molecule is CC(C)(C)OC(=O)[C@H]1O[C@@H]2OC(C)(C)O[C@@H]2[C@@H]1CON. The Bertz CT molecular complexity index is 378. The maximum Gasteiger partial charge on any atom is 0.336 e. The summed E-state index contributed by atoms with van der Waals surface area (Å²) in [4.78, 5) is 16.9. The summed E-state index contributed by atoms with van der Waals surface area (Å²) in [6.07, 6.45) is -1.81. The fourth-order valence-corrected chi connectivity index (χ4v) is 2.45. The van der Waals surface area contributed by atoms with Crippen LogP contribution >= 0.6 is 0 Å². The molecule has 116 valence electrons. The molecular weight excluding hydrogens is 266 g/mol. The maximum atomic E-state index is 12.2. The van der Waals surface area contributed by atoms with Gasteiger partial charge in [0, 0.05) is 0 Å². The van der Waals surface area contributed by atoms with E-state index in [1.807, 2.05) is 0 Å². The quantitative estimate of drug-likeness (QED) is 0.604. The predicted octanol–water partition coefficient (Wildman–Crippen LogP) is 0.711. The fraction of sp³-hybridized carbons (Fsp3) is 0.923. The van der Waals surface area contributed by atoms with Crippen LogP contribution in [0.3, 0.4) is 0 Å². The van der Waals surface area contributed by atoms with Crippen LogP contribution in [0.5, 0.6) is 0 Å². The average molecular weight is 289 g/mol. The van der Waals surface area contributed by atoms with Crippen LogP contribution in [0.25, 0.3) is 0 Å². The molecule has 0 amide bonds. The van der Waals surface area contributed by atoms with Crippen LogP contribution < -0.4 is 5.90 Å². The first-order chi connectivity index (χ1) is 9.13. The van der Waals surface area contributed by atoms with Gasteiger partial charge >= 0.3 is 5.97 Å². The molecule has 0 aromatic heterocycles. The largest absolute Gasteiger partial charge is 0.458 e. The number of rotatable bonds is 3. The van der Waals surface area contributed by atoms with Gasteiger partial charge in [-0.3, -0.25) is 0 Å². The van der Waals surface area contributed by atoms with Crippen molar-refractivity contribution in [3.63, 3.8) is 0 Å². The van der Waals surface area contributed by atoms with Gasteiger partial charge in [0.15, 0.2) is 18.2 Å². The third kappa shape index (κ3) is 3.29. The zero-order valence-electron chi connectivity index (χ0n) is 12.5. The zero-order valence-corrected chi connectivity index (χ0v) is 12.5. The van der Waals surface area contributed by atoms with Gasteiger partial charge in [0.05, 0.1) is 12.5 Å². The summed E-state index contributed by atoms with van der Waals surface area (Å²) in [5.41, 5.74) is -0.590. The molecule has 0 aliphatic carbocycles. The van der Waals surface area contributed by atoms with Crippen molar-refractivity contribution in [3.05, 3.63) is 0 Å². The van der Waals surface area contributed by atoms with Crippen LogP contribution in [0, 0.1) is 5.92 Å². The second-order valence-electron chi connectivity index (χ2n) is 6.56. The molecular formula is C13H23NO6. The van der Waals surface area contributed by atoms with E-state index in [1.54, 1.807) is 34.6 Å². The molecule has 2 N–H and O–H groups in total.